The van der Waals surface area contributed by atoms with Gasteiger partial charge in [0.15, 0.2) is 0 Å². The van der Waals surface area contributed by atoms with Crippen LogP contribution in [0.4, 0.5) is 5.69 Å². The predicted octanol–water partition coefficient (Wildman–Crippen LogP) is 3.21. The van der Waals surface area contributed by atoms with E-state index in [0.29, 0.717) is 5.92 Å². The van der Waals surface area contributed by atoms with E-state index in [0.717, 1.165) is 47.8 Å². The molecule has 1 unspecified atom stereocenters. The molecule has 2 aromatic heterocycles. The van der Waals surface area contributed by atoms with E-state index in [4.69, 9.17) is 0 Å². The zero-order chi connectivity index (χ0) is 18.8. The van der Waals surface area contributed by atoms with E-state index in [2.05, 4.69) is 37.2 Å². The van der Waals surface area contributed by atoms with Gasteiger partial charge in [-0.25, -0.2) is 4.98 Å². The number of aromatic nitrogens is 4. The van der Waals surface area contributed by atoms with Crippen LogP contribution < -0.4 is 5.32 Å². The van der Waals surface area contributed by atoms with E-state index >= 15 is 0 Å². The SMILES string of the molecule is Cc1cc(N[C@@H]2CC(Cn3ccnc3-c3ccccc3)C[C@H]2O)c(C)nn1. The Morgan fingerprint density at radius 1 is 1.15 bits per heavy atom. The van der Waals surface area contributed by atoms with Crippen LogP contribution in [0, 0.1) is 19.8 Å². The molecule has 6 heteroatoms. The summed E-state index contributed by atoms with van der Waals surface area (Å²) in [6, 6.07) is 12.2. The zero-order valence-corrected chi connectivity index (χ0v) is 15.7. The fourth-order valence-corrected chi connectivity index (χ4v) is 3.90. The third kappa shape index (κ3) is 3.85. The van der Waals surface area contributed by atoms with Gasteiger partial charge >= 0.3 is 0 Å². The molecule has 2 heterocycles. The first-order chi connectivity index (χ1) is 13.1. The smallest absolute Gasteiger partial charge is 0.139 e. The normalized spacial score (nSPS) is 22.1. The van der Waals surface area contributed by atoms with Crippen LogP contribution in [0.25, 0.3) is 11.4 Å². The summed E-state index contributed by atoms with van der Waals surface area (Å²) in [6.45, 7) is 4.72. The van der Waals surface area contributed by atoms with E-state index in [1.807, 2.05) is 50.5 Å². The summed E-state index contributed by atoms with van der Waals surface area (Å²) in [7, 11) is 0. The number of aryl methyl sites for hydroxylation is 2. The molecule has 27 heavy (non-hydrogen) atoms. The molecule has 1 fully saturated rings. The maximum Gasteiger partial charge on any atom is 0.139 e. The van der Waals surface area contributed by atoms with E-state index < -0.39 is 0 Å². The Morgan fingerprint density at radius 3 is 2.78 bits per heavy atom. The second-order valence-electron chi connectivity index (χ2n) is 7.41. The minimum absolute atomic E-state index is 0.0287. The van der Waals surface area contributed by atoms with Crippen LogP contribution in [-0.4, -0.2) is 37.0 Å². The van der Waals surface area contributed by atoms with E-state index in [-0.39, 0.29) is 12.1 Å². The molecule has 0 aliphatic heterocycles. The molecule has 0 radical (unpaired) electrons. The van der Waals surface area contributed by atoms with E-state index in [9.17, 15) is 5.11 Å². The highest BCUT2D eigenvalue weighted by atomic mass is 16.3. The maximum atomic E-state index is 10.6. The molecule has 0 spiro atoms. The molecule has 4 rings (SSSR count). The van der Waals surface area contributed by atoms with Crippen molar-refractivity contribution in [3.8, 4) is 11.4 Å². The van der Waals surface area contributed by atoms with Gasteiger partial charge in [-0.1, -0.05) is 30.3 Å². The molecular formula is C21H25N5O. The van der Waals surface area contributed by atoms with Crippen molar-refractivity contribution < 1.29 is 5.11 Å². The van der Waals surface area contributed by atoms with Crippen molar-refractivity contribution in [3.05, 3.63) is 60.2 Å². The lowest BCUT2D eigenvalue weighted by atomic mass is 10.1. The fraction of sp³-hybridized carbons (Fsp3) is 0.381. The van der Waals surface area contributed by atoms with Crippen LogP contribution in [-0.2, 0) is 6.54 Å². The van der Waals surface area contributed by atoms with Crippen LogP contribution in [0.15, 0.2) is 48.8 Å². The number of rotatable bonds is 5. The Kier molecular flexibility index (Phi) is 4.90. The average molecular weight is 363 g/mol. The van der Waals surface area contributed by atoms with Crippen molar-refractivity contribution in [3.63, 3.8) is 0 Å². The summed E-state index contributed by atoms with van der Waals surface area (Å²) < 4.78 is 2.19. The summed E-state index contributed by atoms with van der Waals surface area (Å²) >= 11 is 0. The van der Waals surface area contributed by atoms with Crippen molar-refractivity contribution in [1.29, 1.82) is 0 Å². The Morgan fingerprint density at radius 2 is 1.96 bits per heavy atom. The fourth-order valence-electron chi connectivity index (χ4n) is 3.90. The van der Waals surface area contributed by atoms with Crippen molar-refractivity contribution in [1.82, 2.24) is 19.7 Å². The average Bonchev–Trinajstić information content (AvgIpc) is 3.26. The summed E-state index contributed by atoms with van der Waals surface area (Å²) in [6.07, 6.45) is 5.19. The Labute approximate surface area is 159 Å². The Balaban J connectivity index is 1.45. The Bertz CT molecular complexity index is 908. The lowest BCUT2D eigenvalue weighted by Gasteiger charge is -2.19. The first kappa shape index (κ1) is 17.7. The second-order valence-corrected chi connectivity index (χ2v) is 7.41. The topological polar surface area (TPSA) is 75.9 Å². The summed E-state index contributed by atoms with van der Waals surface area (Å²) in [4.78, 5) is 4.53. The number of aliphatic hydroxyl groups is 1. The van der Waals surface area contributed by atoms with Crippen LogP contribution >= 0.6 is 0 Å². The molecule has 1 aliphatic carbocycles. The van der Waals surface area contributed by atoms with Crippen LogP contribution in [0.5, 0.6) is 0 Å². The third-order valence-electron chi connectivity index (χ3n) is 5.27. The largest absolute Gasteiger partial charge is 0.391 e. The number of hydrogen-bond donors (Lipinski definition) is 2. The summed E-state index contributed by atoms with van der Waals surface area (Å²) in [5.74, 6) is 1.37. The number of nitrogens with one attached hydrogen (secondary N) is 1. The molecule has 140 valence electrons. The highest BCUT2D eigenvalue weighted by Gasteiger charge is 2.33. The molecule has 2 N–H and O–H groups in total. The summed E-state index contributed by atoms with van der Waals surface area (Å²) in [5.41, 5.74) is 3.81. The predicted molar refractivity (Wildman–Crippen MR) is 105 cm³/mol. The van der Waals surface area contributed by atoms with Gasteiger partial charge in [0.05, 0.1) is 29.2 Å². The van der Waals surface area contributed by atoms with Gasteiger partial charge in [-0.05, 0) is 38.7 Å². The number of hydrogen-bond acceptors (Lipinski definition) is 5. The van der Waals surface area contributed by atoms with Gasteiger partial charge in [-0.2, -0.15) is 10.2 Å². The van der Waals surface area contributed by atoms with Gasteiger partial charge < -0.3 is 15.0 Å². The highest BCUT2D eigenvalue weighted by molar-refractivity contribution is 5.55. The quantitative estimate of drug-likeness (QED) is 0.728. The lowest BCUT2D eigenvalue weighted by molar-refractivity contribution is 0.166. The molecule has 0 bridgehead atoms. The van der Waals surface area contributed by atoms with Crippen LogP contribution in [0.3, 0.4) is 0 Å². The lowest BCUT2D eigenvalue weighted by Crippen LogP contribution is -2.28. The van der Waals surface area contributed by atoms with Crippen molar-refractivity contribution in [2.24, 2.45) is 5.92 Å². The minimum Gasteiger partial charge on any atom is -0.391 e. The van der Waals surface area contributed by atoms with Crippen LogP contribution in [0.1, 0.15) is 24.2 Å². The van der Waals surface area contributed by atoms with Crippen LogP contribution in [0.2, 0.25) is 0 Å². The van der Waals surface area contributed by atoms with E-state index in [1.165, 1.54) is 0 Å². The standard InChI is InChI=1S/C21H25N5O/c1-14-10-18(15(2)25-24-14)23-19-11-16(12-20(19)27)13-26-9-8-22-21(26)17-6-4-3-5-7-17/h3-10,16,19-20,27H,11-13H2,1-2H3,(H,23,24)/t16?,19-,20-/m1/s1. The molecular weight excluding hydrogens is 338 g/mol. The second kappa shape index (κ2) is 7.48. The van der Waals surface area contributed by atoms with Gasteiger partial charge in [-0.3, -0.25) is 0 Å². The van der Waals surface area contributed by atoms with Gasteiger partial charge in [0, 0.05) is 24.5 Å². The molecule has 0 amide bonds. The molecule has 1 saturated carbocycles. The molecule has 1 aromatic carbocycles. The monoisotopic (exact) mass is 363 g/mol. The van der Waals surface area contributed by atoms with Crippen molar-refractivity contribution in [2.75, 3.05) is 5.32 Å². The number of anilines is 1. The molecule has 3 atom stereocenters. The first-order valence-corrected chi connectivity index (χ1v) is 9.42. The zero-order valence-electron chi connectivity index (χ0n) is 15.7. The Hall–Kier alpha value is -2.73. The van der Waals surface area contributed by atoms with Gasteiger partial charge in [0.2, 0.25) is 0 Å². The van der Waals surface area contributed by atoms with Gasteiger partial charge in [-0.15, -0.1) is 0 Å². The highest BCUT2D eigenvalue weighted by Crippen LogP contribution is 2.31. The summed E-state index contributed by atoms with van der Waals surface area (Å²) in [5, 5.41) is 22.3. The molecule has 1 aliphatic rings. The van der Waals surface area contributed by atoms with E-state index in [1.54, 1.807) is 0 Å². The first-order valence-electron chi connectivity index (χ1n) is 9.42. The van der Waals surface area contributed by atoms with Crippen molar-refractivity contribution >= 4 is 5.69 Å². The minimum atomic E-state index is -0.369. The van der Waals surface area contributed by atoms with Gasteiger partial charge in [0.25, 0.3) is 0 Å². The maximum absolute atomic E-state index is 10.6. The number of imidazole rings is 1. The number of nitrogens with zero attached hydrogens (tertiary/aromatic N) is 4. The third-order valence-corrected chi connectivity index (χ3v) is 5.27. The molecule has 0 saturated heterocycles. The number of benzene rings is 1. The molecule has 3 aromatic rings. The van der Waals surface area contributed by atoms with Crippen molar-refractivity contribution in [2.45, 2.75) is 45.4 Å². The molecule has 6 nitrogen and oxygen atoms in total. The van der Waals surface area contributed by atoms with Gasteiger partial charge in [0.1, 0.15) is 5.82 Å². The number of aliphatic hydroxyl groups excluding tert-OH is 1.